The number of phenols is 1. The molecule has 1 aromatic carbocycles. The van der Waals surface area contributed by atoms with Gasteiger partial charge in [0.2, 0.25) is 0 Å². The Morgan fingerprint density at radius 3 is 2.69 bits per heavy atom. The molecule has 154 valence electrons. The molecule has 0 amide bonds. The number of rotatable bonds is 3. The van der Waals surface area contributed by atoms with E-state index in [-0.39, 0.29) is 17.3 Å². The number of halogens is 3. The number of imidazole rings is 1. The molecule has 3 heterocycles. The Bertz CT molecular complexity index is 1050. The molecule has 10 heteroatoms. The van der Waals surface area contributed by atoms with Gasteiger partial charge in [0.1, 0.15) is 22.5 Å². The first-order valence-electron chi connectivity index (χ1n) is 9.27. The van der Waals surface area contributed by atoms with E-state index in [9.17, 15) is 18.3 Å². The number of likely N-dealkylation sites (N-methyl/N-ethyl adjacent to an activating group) is 1. The summed E-state index contributed by atoms with van der Waals surface area (Å²) in [5, 5.41) is 22.1. The number of hydrogen-bond acceptors (Lipinski definition) is 6. The monoisotopic (exact) mass is 406 g/mol. The van der Waals surface area contributed by atoms with Crippen LogP contribution in [0.2, 0.25) is 0 Å². The zero-order chi connectivity index (χ0) is 20.8. The maximum absolute atomic E-state index is 12.9. The fourth-order valence-electron chi connectivity index (χ4n) is 3.74. The normalized spacial score (nSPS) is 18.3. The summed E-state index contributed by atoms with van der Waals surface area (Å²) < 4.78 is 40.5. The number of hydrogen-bond donors (Lipinski definition) is 2. The summed E-state index contributed by atoms with van der Waals surface area (Å²) >= 11 is 0. The molecular weight excluding hydrogens is 385 g/mol. The number of fused-ring (bicyclic) bond motifs is 1. The highest BCUT2D eigenvalue weighted by atomic mass is 19.4. The molecule has 3 aromatic rings. The molecule has 0 bridgehead atoms. The molecule has 0 aliphatic carbocycles. The van der Waals surface area contributed by atoms with Crippen molar-refractivity contribution < 1.29 is 18.3 Å². The van der Waals surface area contributed by atoms with Crippen LogP contribution in [0.5, 0.6) is 5.75 Å². The van der Waals surface area contributed by atoms with Gasteiger partial charge in [-0.1, -0.05) is 0 Å². The second kappa shape index (κ2) is 7.18. The summed E-state index contributed by atoms with van der Waals surface area (Å²) in [5.41, 5.74) is 0.603. The summed E-state index contributed by atoms with van der Waals surface area (Å²) in [6, 6.07) is 3.01. The van der Waals surface area contributed by atoms with Gasteiger partial charge in [-0.05, 0) is 44.6 Å². The fourth-order valence-corrected chi connectivity index (χ4v) is 3.74. The van der Waals surface area contributed by atoms with Crippen LogP contribution in [0.15, 0.2) is 24.5 Å². The first kappa shape index (κ1) is 19.4. The molecule has 1 fully saturated rings. The Labute approximate surface area is 165 Å². The van der Waals surface area contributed by atoms with E-state index in [2.05, 4.69) is 32.4 Å². The Hall–Kier alpha value is -2.88. The van der Waals surface area contributed by atoms with E-state index >= 15 is 0 Å². The molecule has 1 saturated heterocycles. The molecule has 1 unspecified atom stereocenters. The average molecular weight is 406 g/mol. The van der Waals surface area contributed by atoms with Crippen LogP contribution in [0.4, 0.5) is 19.0 Å². The number of aryl methyl sites for hydroxylation is 1. The average Bonchev–Trinajstić information content (AvgIpc) is 3.04. The topological polar surface area (TPSA) is 79.1 Å². The highest BCUT2D eigenvalue weighted by Gasteiger charge is 2.31. The molecule has 0 radical (unpaired) electrons. The maximum Gasteiger partial charge on any atom is 0.416 e. The minimum Gasteiger partial charge on any atom is -0.507 e. The van der Waals surface area contributed by atoms with Crippen LogP contribution < -0.4 is 5.32 Å². The smallest absolute Gasteiger partial charge is 0.416 e. The van der Waals surface area contributed by atoms with Gasteiger partial charge in [-0.3, -0.25) is 0 Å². The Balaban J connectivity index is 1.74. The lowest BCUT2D eigenvalue weighted by molar-refractivity contribution is -0.137. The first-order chi connectivity index (χ1) is 13.7. The maximum atomic E-state index is 12.9. The standard InChI is InChI=1S/C19H21F3N6O/c1-27-7-3-4-12(9-27)24-18-17-16(23-10-28(17)2)15(25-26-18)13-6-5-11(8-14(13)29)19(20,21)22/h5-6,8,10,12,29H,3-4,7,9H2,1-2H3,(H,24,26). The molecule has 0 spiro atoms. The van der Waals surface area contributed by atoms with Gasteiger partial charge < -0.3 is 19.9 Å². The lowest BCUT2D eigenvalue weighted by Gasteiger charge is -2.30. The fraction of sp³-hybridized carbons (Fsp3) is 0.421. The van der Waals surface area contributed by atoms with Crippen molar-refractivity contribution in [3.8, 4) is 17.0 Å². The van der Waals surface area contributed by atoms with Gasteiger partial charge in [0.15, 0.2) is 5.82 Å². The van der Waals surface area contributed by atoms with E-state index in [1.54, 1.807) is 10.9 Å². The second-order valence-electron chi connectivity index (χ2n) is 7.43. The summed E-state index contributed by atoms with van der Waals surface area (Å²) in [6.45, 7) is 1.93. The third kappa shape index (κ3) is 3.71. The third-order valence-electron chi connectivity index (χ3n) is 5.18. The quantitative estimate of drug-likeness (QED) is 0.695. The van der Waals surface area contributed by atoms with Crippen molar-refractivity contribution >= 4 is 16.9 Å². The molecule has 2 N–H and O–H groups in total. The summed E-state index contributed by atoms with van der Waals surface area (Å²) in [4.78, 5) is 6.59. The zero-order valence-corrected chi connectivity index (χ0v) is 16.0. The number of phenolic OH excluding ortho intramolecular Hbond substituents is 1. The van der Waals surface area contributed by atoms with Crippen molar-refractivity contribution in [3.05, 3.63) is 30.1 Å². The zero-order valence-electron chi connectivity index (χ0n) is 16.0. The number of anilines is 1. The highest BCUT2D eigenvalue weighted by molar-refractivity contribution is 5.96. The van der Waals surface area contributed by atoms with Gasteiger partial charge in [-0.15, -0.1) is 10.2 Å². The largest absolute Gasteiger partial charge is 0.507 e. The van der Waals surface area contributed by atoms with Crippen molar-refractivity contribution in [3.63, 3.8) is 0 Å². The van der Waals surface area contributed by atoms with Gasteiger partial charge >= 0.3 is 6.18 Å². The predicted molar refractivity (Wildman–Crippen MR) is 103 cm³/mol. The van der Waals surface area contributed by atoms with E-state index in [1.165, 1.54) is 6.07 Å². The number of nitrogens with zero attached hydrogens (tertiary/aromatic N) is 5. The van der Waals surface area contributed by atoms with Crippen LogP contribution in [0, 0.1) is 0 Å². The number of nitrogens with one attached hydrogen (secondary N) is 1. The van der Waals surface area contributed by atoms with Gasteiger partial charge in [0.05, 0.1) is 11.9 Å². The van der Waals surface area contributed by atoms with Crippen LogP contribution in [-0.2, 0) is 13.2 Å². The van der Waals surface area contributed by atoms with Gasteiger partial charge in [-0.2, -0.15) is 13.2 Å². The summed E-state index contributed by atoms with van der Waals surface area (Å²) in [6.07, 6.45) is -0.861. The molecule has 29 heavy (non-hydrogen) atoms. The number of likely N-dealkylation sites (tertiary alicyclic amines) is 1. The minimum atomic E-state index is -4.54. The van der Waals surface area contributed by atoms with Crippen LogP contribution in [0.3, 0.4) is 0 Å². The van der Waals surface area contributed by atoms with E-state index in [1.807, 2.05) is 7.05 Å². The molecule has 0 saturated carbocycles. The van der Waals surface area contributed by atoms with Crippen molar-refractivity contribution in [2.24, 2.45) is 7.05 Å². The molecule has 7 nitrogen and oxygen atoms in total. The van der Waals surface area contributed by atoms with E-state index in [0.29, 0.717) is 22.9 Å². The van der Waals surface area contributed by atoms with Crippen molar-refractivity contribution in [1.29, 1.82) is 0 Å². The number of aromatic nitrogens is 4. The van der Waals surface area contributed by atoms with E-state index in [4.69, 9.17) is 0 Å². The first-order valence-corrected chi connectivity index (χ1v) is 9.27. The molecule has 1 aliphatic rings. The van der Waals surface area contributed by atoms with Gasteiger partial charge in [0, 0.05) is 25.2 Å². The molecule has 4 rings (SSSR count). The number of aromatic hydroxyl groups is 1. The number of alkyl halides is 3. The van der Waals surface area contributed by atoms with Crippen molar-refractivity contribution in [2.75, 3.05) is 25.5 Å². The van der Waals surface area contributed by atoms with Gasteiger partial charge in [-0.25, -0.2) is 4.98 Å². The van der Waals surface area contributed by atoms with Crippen LogP contribution in [-0.4, -0.2) is 55.9 Å². The van der Waals surface area contributed by atoms with E-state index in [0.717, 1.165) is 32.0 Å². The minimum absolute atomic E-state index is 0.151. The Kier molecular flexibility index (Phi) is 4.81. The Morgan fingerprint density at radius 2 is 2.00 bits per heavy atom. The lowest BCUT2D eigenvalue weighted by atomic mass is 10.1. The van der Waals surface area contributed by atoms with Crippen LogP contribution in [0.25, 0.3) is 22.3 Å². The predicted octanol–water partition coefficient (Wildman–Crippen LogP) is 3.26. The van der Waals surface area contributed by atoms with Crippen LogP contribution in [0.1, 0.15) is 18.4 Å². The lowest BCUT2D eigenvalue weighted by Crippen LogP contribution is -2.40. The molecule has 1 aliphatic heterocycles. The highest BCUT2D eigenvalue weighted by Crippen LogP contribution is 2.38. The Morgan fingerprint density at radius 1 is 1.21 bits per heavy atom. The van der Waals surface area contributed by atoms with Crippen molar-refractivity contribution in [1.82, 2.24) is 24.6 Å². The summed E-state index contributed by atoms with van der Waals surface area (Å²) in [5.74, 6) is 0.0474. The number of benzene rings is 1. The third-order valence-corrected chi connectivity index (χ3v) is 5.18. The van der Waals surface area contributed by atoms with Crippen LogP contribution >= 0.6 is 0 Å². The molecular formula is C19H21F3N6O. The SMILES string of the molecule is CN1CCCC(Nc2nnc(-c3ccc(C(F)(F)F)cc3O)c3ncn(C)c23)C1. The second-order valence-corrected chi connectivity index (χ2v) is 7.43. The van der Waals surface area contributed by atoms with E-state index < -0.39 is 17.5 Å². The van der Waals surface area contributed by atoms with Crippen molar-refractivity contribution in [2.45, 2.75) is 25.1 Å². The summed E-state index contributed by atoms with van der Waals surface area (Å²) in [7, 11) is 3.88. The molecule has 2 aromatic heterocycles. The molecule has 1 atom stereocenters. The van der Waals surface area contributed by atoms with Gasteiger partial charge in [0.25, 0.3) is 0 Å². The number of piperidine rings is 1.